The highest BCUT2D eigenvalue weighted by molar-refractivity contribution is 9.10. The summed E-state index contributed by atoms with van der Waals surface area (Å²) in [4.78, 5) is 16.6. The summed E-state index contributed by atoms with van der Waals surface area (Å²) in [7, 11) is 0. The monoisotopic (exact) mass is 429 g/mol. The van der Waals surface area contributed by atoms with Crippen molar-refractivity contribution in [3.8, 4) is 17.1 Å². The molecule has 1 heterocycles. The second-order valence-electron chi connectivity index (χ2n) is 6.27. The van der Waals surface area contributed by atoms with E-state index in [9.17, 15) is 4.79 Å². The van der Waals surface area contributed by atoms with Crippen molar-refractivity contribution in [3.63, 3.8) is 0 Å². The molecule has 0 spiro atoms. The van der Waals surface area contributed by atoms with E-state index in [-0.39, 0.29) is 12.5 Å². The topological polar surface area (TPSA) is 77.2 Å². The number of carbonyl (C=O) groups excluding carboxylic acids is 1. The molecule has 0 saturated carbocycles. The Morgan fingerprint density at radius 1 is 1.26 bits per heavy atom. The molecule has 3 rings (SSSR count). The summed E-state index contributed by atoms with van der Waals surface area (Å²) in [5.41, 5.74) is 2.89. The number of ether oxygens (including phenoxy) is 1. The zero-order valence-electron chi connectivity index (χ0n) is 15.3. The SMILES string of the molecule is Cc1ccc(C)c(O[C@H](C)C(=O)NCc2nc(-c3cccc(Br)c3)no2)c1. The number of amides is 1. The summed E-state index contributed by atoms with van der Waals surface area (Å²) >= 11 is 3.41. The van der Waals surface area contributed by atoms with Gasteiger partial charge >= 0.3 is 0 Å². The molecule has 0 radical (unpaired) electrons. The van der Waals surface area contributed by atoms with Crippen LogP contribution >= 0.6 is 15.9 Å². The fourth-order valence-corrected chi connectivity index (χ4v) is 2.86. The van der Waals surface area contributed by atoms with Crippen LogP contribution in [0.4, 0.5) is 0 Å². The van der Waals surface area contributed by atoms with E-state index in [4.69, 9.17) is 9.26 Å². The second-order valence-corrected chi connectivity index (χ2v) is 7.18. The fraction of sp³-hybridized carbons (Fsp3) is 0.250. The van der Waals surface area contributed by atoms with Crippen LogP contribution in [-0.4, -0.2) is 22.2 Å². The van der Waals surface area contributed by atoms with Crippen LogP contribution < -0.4 is 10.1 Å². The number of nitrogens with zero attached hydrogens (tertiary/aromatic N) is 2. The van der Waals surface area contributed by atoms with Gasteiger partial charge in [0.05, 0.1) is 6.54 Å². The third kappa shape index (κ3) is 4.95. The molecule has 2 aromatic carbocycles. The third-order valence-electron chi connectivity index (χ3n) is 3.98. The lowest BCUT2D eigenvalue weighted by Crippen LogP contribution is -2.36. The number of aromatic nitrogens is 2. The van der Waals surface area contributed by atoms with Crippen LogP contribution in [0.25, 0.3) is 11.4 Å². The molecule has 3 aromatic rings. The highest BCUT2D eigenvalue weighted by Crippen LogP contribution is 2.21. The molecule has 0 saturated heterocycles. The highest BCUT2D eigenvalue weighted by Gasteiger charge is 2.17. The van der Waals surface area contributed by atoms with Gasteiger partial charge in [-0.15, -0.1) is 0 Å². The van der Waals surface area contributed by atoms with Gasteiger partial charge in [-0.05, 0) is 50.1 Å². The molecule has 1 amide bonds. The maximum Gasteiger partial charge on any atom is 0.261 e. The number of hydrogen-bond donors (Lipinski definition) is 1. The maximum absolute atomic E-state index is 12.3. The quantitative estimate of drug-likeness (QED) is 0.635. The van der Waals surface area contributed by atoms with Crippen molar-refractivity contribution in [2.75, 3.05) is 0 Å². The molecule has 0 aliphatic rings. The van der Waals surface area contributed by atoms with Crippen molar-refractivity contribution >= 4 is 21.8 Å². The van der Waals surface area contributed by atoms with Gasteiger partial charge in [-0.2, -0.15) is 4.98 Å². The molecule has 0 aliphatic carbocycles. The molecule has 1 aromatic heterocycles. The van der Waals surface area contributed by atoms with Gasteiger partial charge in [-0.3, -0.25) is 4.79 Å². The van der Waals surface area contributed by atoms with Gasteiger partial charge in [0.1, 0.15) is 5.75 Å². The minimum Gasteiger partial charge on any atom is -0.481 e. The molecule has 0 unspecified atom stereocenters. The smallest absolute Gasteiger partial charge is 0.261 e. The third-order valence-corrected chi connectivity index (χ3v) is 4.47. The van der Waals surface area contributed by atoms with Crippen LogP contribution in [0.1, 0.15) is 23.9 Å². The molecule has 7 heteroatoms. The van der Waals surface area contributed by atoms with Crippen molar-refractivity contribution in [2.24, 2.45) is 0 Å². The van der Waals surface area contributed by atoms with Crippen LogP contribution in [0, 0.1) is 13.8 Å². The number of nitrogens with one attached hydrogen (secondary N) is 1. The van der Waals surface area contributed by atoms with Crippen LogP contribution in [0.3, 0.4) is 0 Å². The number of aryl methyl sites for hydroxylation is 2. The van der Waals surface area contributed by atoms with Crippen molar-refractivity contribution in [1.29, 1.82) is 0 Å². The van der Waals surface area contributed by atoms with Gasteiger partial charge < -0.3 is 14.6 Å². The van der Waals surface area contributed by atoms with E-state index in [2.05, 4.69) is 31.4 Å². The minimum atomic E-state index is -0.641. The Morgan fingerprint density at radius 2 is 2.07 bits per heavy atom. The van der Waals surface area contributed by atoms with Crippen molar-refractivity contribution < 1.29 is 14.1 Å². The summed E-state index contributed by atoms with van der Waals surface area (Å²) < 4.78 is 11.9. The predicted octanol–water partition coefficient (Wildman–Crippen LogP) is 4.20. The summed E-state index contributed by atoms with van der Waals surface area (Å²) in [6, 6.07) is 13.5. The van der Waals surface area contributed by atoms with E-state index in [1.54, 1.807) is 6.92 Å². The minimum absolute atomic E-state index is 0.139. The van der Waals surface area contributed by atoms with Gasteiger partial charge in [0.25, 0.3) is 5.91 Å². The predicted molar refractivity (Wildman–Crippen MR) is 105 cm³/mol. The molecule has 1 N–H and O–H groups in total. The average Bonchev–Trinajstić information content (AvgIpc) is 3.12. The lowest BCUT2D eigenvalue weighted by molar-refractivity contribution is -0.127. The van der Waals surface area contributed by atoms with E-state index in [0.29, 0.717) is 17.5 Å². The van der Waals surface area contributed by atoms with E-state index in [1.165, 1.54) is 0 Å². The Morgan fingerprint density at radius 3 is 2.85 bits per heavy atom. The first kappa shape index (κ1) is 19.1. The number of benzene rings is 2. The number of hydrogen-bond acceptors (Lipinski definition) is 5. The van der Waals surface area contributed by atoms with Crippen molar-refractivity contribution in [2.45, 2.75) is 33.4 Å². The fourth-order valence-electron chi connectivity index (χ4n) is 2.46. The highest BCUT2D eigenvalue weighted by atomic mass is 79.9. The van der Waals surface area contributed by atoms with E-state index >= 15 is 0 Å². The van der Waals surface area contributed by atoms with E-state index in [0.717, 1.165) is 21.2 Å². The molecule has 0 bridgehead atoms. The summed E-state index contributed by atoms with van der Waals surface area (Å²) in [6.45, 7) is 5.77. The molecule has 140 valence electrons. The molecule has 0 aliphatic heterocycles. The molecular formula is C20H20BrN3O3. The summed E-state index contributed by atoms with van der Waals surface area (Å²) in [5, 5.41) is 6.71. The largest absolute Gasteiger partial charge is 0.481 e. The molecule has 0 fully saturated rings. The Bertz CT molecular complexity index is 955. The molecule has 6 nitrogen and oxygen atoms in total. The summed E-state index contributed by atoms with van der Waals surface area (Å²) in [5.74, 6) is 1.25. The number of halogens is 1. The Labute approximate surface area is 166 Å². The molecule has 27 heavy (non-hydrogen) atoms. The molecule has 1 atom stereocenters. The summed E-state index contributed by atoms with van der Waals surface area (Å²) in [6.07, 6.45) is -0.641. The van der Waals surface area contributed by atoms with Crippen molar-refractivity contribution in [1.82, 2.24) is 15.5 Å². The lowest BCUT2D eigenvalue weighted by atomic mass is 10.1. The van der Waals surface area contributed by atoms with Gasteiger partial charge in [-0.25, -0.2) is 0 Å². The first-order valence-corrected chi connectivity index (χ1v) is 9.32. The zero-order valence-corrected chi connectivity index (χ0v) is 16.9. The average molecular weight is 430 g/mol. The van der Waals surface area contributed by atoms with Crippen LogP contribution in [0.2, 0.25) is 0 Å². The van der Waals surface area contributed by atoms with Gasteiger partial charge in [0.2, 0.25) is 11.7 Å². The van der Waals surface area contributed by atoms with Crippen LogP contribution in [0.5, 0.6) is 5.75 Å². The van der Waals surface area contributed by atoms with Gasteiger partial charge in [0, 0.05) is 10.0 Å². The second kappa shape index (κ2) is 8.35. The first-order valence-electron chi connectivity index (χ1n) is 8.52. The lowest BCUT2D eigenvalue weighted by Gasteiger charge is -2.16. The van der Waals surface area contributed by atoms with E-state index in [1.807, 2.05) is 56.3 Å². The normalized spacial score (nSPS) is 11.9. The Balaban J connectivity index is 1.58. The van der Waals surface area contributed by atoms with Gasteiger partial charge in [-0.1, -0.05) is 45.4 Å². The number of rotatable bonds is 6. The van der Waals surface area contributed by atoms with Crippen molar-refractivity contribution in [3.05, 3.63) is 64.0 Å². The van der Waals surface area contributed by atoms with Crippen LogP contribution in [0.15, 0.2) is 51.5 Å². The van der Waals surface area contributed by atoms with Crippen LogP contribution in [-0.2, 0) is 11.3 Å². The maximum atomic E-state index is 12.3. The van der Waals surface area contributed by atoms with Gasteiger partial charge in [0.15, 0.2) is 6.10 Å². The molecular weight excluding hydrogens is 410 g/mol. The van der Waals surface area contributed by atoms with E-state index < -0.39 is 6.10 Å². The zero-order chi connectivity index (χ0) is 19.4. The number of carbonyl (C=O) groups is 1. The Kier molecular flexibility index (Phi) is 5.91. The Hall–Kier alpha value is -2.67. The first-order chi connectivity index (χ1) is 12.9. The standard InChI is InChI=1S/C20H20BrN3O3/c1-12-7-8-13(2)17(9-12)26-14(3)20(25)22-11-18-23-19(24-27-18)15-5-4-6-16(21)10-15/h4-10,14H,11H2,1-3H3,(H,22,25)/t14-/m1/s1.